The van der Waals surface area contributed by atoms with Gasteiger partial charge < -0.3 is 4.74 Å². The van der Waals surface area contributed by atoms with E-state index in [4.69, 9.17) is 4.74 Å². The highest BCUT2D eigenvalue weighted by atomic mass is 79.9. The van der Waals surface area contributed by atoms with Gasteiger partial charge in [0, 0.05) is 19.8 Å². The van der Waals surface area contributed by atoms with Crippen molar-refractivity contribution >= 4 is 37.3 Å². The Kier molecular flexibility index (Phi) is 5.91. The highest BCUT2D eigenvalue weighted by Crippen LogP contribution is 2.25. The fourth-order valence-corrected chi connectivity index (χ4v) is 4.17. The molecule has 0 saturated heterocycles. The zero-order valence-corrected chi connectivity index (χ0v) is 12.1. The molecule has 0 aliphatic rings. The van der Waals surface area contributed by atoms with Gasteiger partial charge in [-0.25, -0.2) is 13.1 Å². The van der Waals surface area contributed by atoms with Crippen LogP contribution < -0.4 is 4.72 Å². The maximum atomic E-state index is 11.7. The molecule has 0 saturated carbocycles. The zero-order chi connectivity index (χ0) is 12.0. The Bertz CT molecular complexity index is 416. The largest absolute Gasteiger partial charge is 0.382 e. The Hall–Kier alpha value is 0.0500. The summed E-state index contributed by atoms with van der Waals surface area (Å²) < 4.78 is 32.2. The summed E-state index contributed by atoms with van der Waals surface area (Å²) in [6, 6.07) is 3.30. The molecule has 1 rings (SSSR count). The molecule has 0 aliphatic heterocycles. The van der Waals surface area contributed by atoms with Gasteiger partial charge in [-0.05, 0) is 41.4 Å². The van der Waals surface area contributed by atoms with Crippen LogP contribution in [0.5, 0.6) is 0 Å². The fraction of sp³-hybridized carbons (Fsp3) is 0.556. The highest BCUT2D eigenvalue weighted by molar-refractivity contribution is 9.11. The van der Waals surface area contributed by atoms with Gasteiger partial charge in [0.05, 0.1) is 3.79 Å². The van der Waals surface area contributed by atoms with Gasteiger partial charge in [-0.15, -0.1) is 11.3 Å². The molecular formula is C9H14BrNO3S2. The second-order valence-electron chi connectivity index (χ2n) is 3.01. The molecule has 0 aromatic carbocycles. The van der Waals surface area contributed by atoms with Crippen LogP contribution in [0.1, 0.15) is 13.3 Å². The molecular weight excluding hydrogens is 314 g/mol. The van der Waals surface area contributed by atoms with Gasteiger partial charge in [0.25, 0.3) is 0 Å². The van der Waals surface area contributed by atoms with Crippen molar-refractivity contribution in [1.29, 1.82) is 0 Å². The van der Waals surface area contributed by atoms with Crippen molar-refractivity contribution in [3.63, 3.8) is 0 Å². The monoisotopic (exact) mass is 327 g/mol. The summed E-state index contributed by atoms with van der Waals surface area (Å²) in [5, 5.41) is 0. The van der Waals surface area contributed by atoms with Crippen molar-refractivity contribution in [2.75, 3.05) is 19.8 Å². The number of nitrogens with one attached hydrogen (secondary N) is 1. The maximum absolute atomic E-state index is 11.7. The lowest BCUT2D eigenvalue weighted by Crippen LogP contribution is -2.24. The number of hydrogen-bond acceptors (Lipinski definition) is 4. The molecule has 7 heteroatoms. The van der Waals surface area contributed by atoms with Crippen molar-refractivity contribution in [3.05, 3.63) is 15.9 Å². The maximum Gasteiger partial charge on any atom is 0.250 e. The first-order valence-electron chi connectivity index (χ1n) is 4.89. The van der Waals surface area contributed by atoms with Crippen LogP contribution in [0.2, 0.25) is 0 Å². The number of sulfonamides is 1. The minimum absolute atomic E-state index is 0.329. The number of rotatable bonds is 7. The molecule has 16 heavy (non-hydrogen) atoms. The van der Waals surface area contributed by atoms with Crippen LogP contribution in [0.3, 0.4) is 0 Å². The number of ether oxygens (including phenoxy) is 1. The molecule has 0 spiro atoms. The number of halogens is 1. The first-order chi connectivity index (χ1) is 7.56. The Morgan fingerprint density at radius 3 is 2.81 bits per heavy atom. The lowest BCUT2D eigenvalue weighted by Gasteiger charge is -2.04. The van der Waals surface area contributed by atoms with Gasteiger partial charge in [-0.2, -0.15) is 0 Å². The molecule has 0 radical (unpaired) electrons. The van der Waals surface area contributed by atoms with Gasteiger partial charge in [0.1, 0.15) is 4.21 Å². The second-order valence-corrected chi connectivity index (χ2v) is 7.46. The van der Waals surface area contributed by atoms with Crippen molar-refractivity contribution in [2.24, 2.45) is 0 Å². The minimum Gasteiger partial charge on any atom is -0.382 e. The summed E-state index contributed by atoms with van der Waals surface area (Å²) in [5.74, 6) is 0. The fourth-order valence-electron chi connectivity index (χ4n) is 1.04. The van der Waals surface area contributed by atoms with Gasteiger partial charge in [0.2, 0.25) is 10.0 Å². The van der Waals surface area contributed by atoms with Gasteiger partial charge >= 0.3 is 0 Å². The van der Waals surface area contributed by atoms with E-state index < -0.39 is 10.0 Å². The third-order valence-corrected chi connectivity index (χ3v) is 5.35. The molecule has 1 N–H and O–H groups in total. The Morgan fingerprint density at radius 1 is 1.50 bits per heavy atom. The van der Waals surface area contributed by atoms with E-state index in [0.29, 0.717) is 30.4 Å². The Balaban J connectivity index is 2.41. The van der Waals surface area contributed by atoms with Crippen LogP contribution in [-0.2, 0) is 14.8 Å². The molecule has 0 unspecified atom stereocenters. The van der Waals surface area contributed by atoms with E-state index >= 15 is 0 Å². The van der Waals surface area contributed by atoms with E-state index in [-0.39, 0.29) is 0 Å². The second kappa shape index (κ2) is 6.70. The zero-order valence-electron chi connectivity index (χ0n) is 8.90. The van der Waals surface area contributed by atoms with E-state index in [2.05, 4.69) is 20.7 Å². The van der Waals surface area contributed by atoms with Crippen molar-refractivity contribution in [2.45, 2.75) is 17.6 Å². The smallest absolute Gasteiger partial charge is 0.250 e. The van der Waals surface area contributed by atoms with E-state index in [1.807, 2.05) is 6.92 Å². The third-order valence-electron chi connectivity index (χ3n) is 1.78. The van der Waals surface area contributed by atoms with Gasteiger partial charge in [-0.1, -0.05) is 0 Å². The van der Waals surface area contributed by atoms with Gasteiger partial charge in [-0.3, -0.25) is 0 Å². The molecule has 1 heterocycles. The normalized spacial score (nSPS) is 11.9. The van der Waals surface area contributed by atoms with Crippen LogP contribution >= 0.6 is 27.3 Å². The van der Waals surface area contributed by atoms with E-state index in [0.717, 1.165) is 3.79 Å². The molecule has 0 aliphatic carbocycles. The molecule has 1 aromatic heterocycles. The summed E-state index contributed by atoms with van der Waals surface area (Å²) in [5.41, 5.74) is 0. The summed E-state index contributed by atoms with van der Waals surface area (Å²) in [6.07, 6.45) is 0.680. The molecule has 4 nitrogen and oxygen atoms in total. The molecule has 0 fully saturated rings. The first-order valence-corrected chi connectivity index (χ1v) is 7.98. The standard InChI is InChI=1S/C9H14BrNO3S2/c1-2-14-7-3-6-11-16(12,13)9-5-4-8(10)15-9/h4-5,11H,2-3,6-7H2,1H3. The predicted molar refractivity (Wildman–Crippen MR) is 68.3 cm³/mol. The third kappa shape index (κ3) is 4.50. The first kappa shape index (κ1) is 14.1. The molecule has 1 aromatic rings. The van der Waals surface area contributed by atoms with Crippen molar-refractivity contribution < 1.29 is 13.2 Å². The van der Waals surface area contributed by atoms with E-state index in [9.17, 15) is 8.42 Å². The molecule has 0 atom stereocenters. The average molecular weight is 328 g/mol. The van der Waals surface area contributed by atoms with Crippen LogP contribution in [0, 0.1) is 0 Å². The molecule has 92 valence electrons. The minimum atomic E-state index is -3.34. The number of thiophene rings is 1. The lowest BCUT2D eigenvalue weighted by molar-refractivity contribution is 0.146. The summed E-state index contributed by atoms with van der Waals surface area (Å²) >= 11 is 4.43. The van der Waals surface area contributed by atoms with E-state index in [1.54, 1.807) is 12.1 Å². The number of hydrogen-bond donors (Lipinski definition) is 1. The topological polar surface area (TPSA) is 55.4 Å². The van der Waals surface area contributed by atoms with Crippen LogP contribution in [0.25, 0.3) is 0 Å². The van der Waals surface area contributed by atoms with Crippen LogP contribution in [0.4, 0.5) is 0 Å². The van der Waals surface area contributed by atoms with Crippen molar-refractivity contribution in [3.8, 4) is 0 Å². The van der Waals surface area contributed by atoms with Crippen LogP contribution in [-0.4, -0.2) is 28.2 Å². The summed E-state index contributed by atoms with van der Waals surface area (Å²) in [4.78, 5) is 0. The molecule has 0 amide bonds. The van der Waals surface area contributed by atoms with Gasteiger partial charge in [0.15, 0.2) is 0 Å². The Morgan fingerprint density at radius 2 is 2.25 bits per heavy atom. The Labute approximate surface area is 108 Å². The van der Waals surface area contributed by atoms with Crippen LogP contribution in [0.15, 0.2) is 20.1 Å². The molecule has 0 bridgehead atoms. The summed E-state index contributed by atoms with van der Waals surface area (Å²) in [6.45, 7) is 3.54. The van der Waals surface area contributed by atoms with Crippen molar-refractivity contribution in [1.82, 2.24) is 4.72 Å². The quantitative estimate of drug-likeness (QED) is 0.781. The predicted octanol–water partition coefficient (Wildman–Crippen LogP) is 2.22. The lowest BCUT2D eigenvalue weighted by atomic mass is 10.5. The van der Waals surface area contributed by atoms with E-state index in [1.165, 1.54) is 11.3 Å². The summed E-state index contributed by atoms with van der Waals surface area (Å²) in [7, 11) is -3.34. The SMILES string of the molecule is CCOCCCNS(=O)(=O)c1ccc(Br)s1. The average Bonchev–Trinajstić information content (AvgIpc) is 2.65. The highest BCUT2D eigenvalue weighted by Gasteiger charge is 2.15.